The number of hydrogen-bond acceptors (Lipinski definition) is 5. The van der Waals surface area contributed by atoms with E-state index in [1.807, 2.05) is 48.5 Å². The van der Waals surface area contributed by atoms with E-state index in [1.165, 1.54) is 17.4 Å². The van der Waals surface area contributed by atoms with Gasteiger partial charge in [-0.15, -0.1) is 11.3 Å². The smallest absolute Gasteiger partial charge is 0.251 e. The van der Waals surface area contributed by atoms with E-state index in [1.54, 1.807) is 29.6 Å². The number of allylic oxidation sites excluding steroid dienone is 1. The van der Waals surface area contributed by atoms with Gasteiger partial charge in [0, 0.05) is 6.54 Å². The van der Waals surface area contributed by atoms with Crippen molar-refractivity contribution in [2.75, 3.05) is 0 Å². The number of hydrogen-bond donors (Lipinski definition) is 1. The first-order valence-corrected chi connectivity index (χ1v) is 10.4. The van der Waals surface area contributed by atoms with Crippen LogP contribution in [0.1, 0.15) is 10.4 Å². The molecular weight excluding hydrogens is 380 g/mol. The van der Waals surface area contributed by atoms with Crippen molar-refractivity contribution in [1.29, 1.82) is 5.26 Å². The maximum Gasteiger partial charge on any atom is 0.251 e. The van der Waals surface area contributed by atoms with Gasteiger partial charge in [0.1, 0.15) is 17.6 Å². The molecule has 1 heterocycles. The first-order valence-electron chi connectivity index (χ1n) is 8.04. The van der Waals surface area contributed by atoms with Crippen LogP contribution >= 0.6 is 11.3 Å². The molecule has 1 N–H and O–H groups in total. The summed E-state index contributed by atoms with van der Waals surface area (Å²) in [6.07, 6.45) is 1.33. The topological polar surface area (TPSA) is 79.2 Å². The molecule has 0 bridgehead atoms. The molecule has 7 heteroatoms. The Morgan fingerprint density at radius 2 is 1.74 bits per heavy atom. The van der Waals surface area contributed by atoms with Crippen molar-refractivity contribution >= 4 is 27.4 Å². The van der Waals surface area contributed by atoms with E-state index in [9.17, 15) is 13.7 Å². The van der Waals surface area contributed by atoms with Crippen LogP contribution in [0.5, 0.6) is 11.5 Å². The molecule has 5 nitrogen and oxygen atoms in total. The lowest BCUT2D eigenvalue weighted by Gasteiger charge is -2.07. The van der Waals surface area contributed by atoms with E-state index in [2.05, 4.69) is 4.72 Å². The maximum absolute atomic E-state index is 12.5. The summed E-state index contributed by atoms with van der Waals surface area (Å²) in [4.78, 5) is 0.194. The van der Waals surface area contributed by atoms with Gasteiger partial charge < -0.3 is 4.74 Å². The third-order valence-corrected chi connectivity index (χ3v) is 5.76. The number of nitrogens with zero attached hydrogens (tertiary/aromatic N) is 1. The van der Waals surface area contributed by atoms with Gasteiger partial charge in [0.05, 0.1) is 4.88 Å². The highest BCUT2D eigenvalue weighted by Crippen LogP contribution is 2.32. The molecule has 0 atom stereocenters. The lowest BCUT2D eigenvalue weighted by atomic mass is 10.2. The zero-order valence-electron chi connectivity index (χ0n) is 14.2. The minimum Gasteiger partial charge on any atom is -0.456 e. The van der Waals surface area contributed by atoms with Crippen molar-refractivity contribution in [2.24, 2.45) is 0 Å². The molecule has 0 spiro atoms. The molecule has 0 unspecified atom stereocenters. The largest absolute Gasteiger partial charge is 0.456 e. The second-order valence-corrected chi connectivity index (χ2v) is 8.18. The summed E-state index contributed by atoms with van der Waals surface area (Å²) < 4.78 is 33.2. The molecule has 0 fully saturated rings. The van der Waals surface area contributed by atoms with Gasteiger partial charge in [-0.05, 0) is 35.2 Å². The zero-order valence-corrected chi connectivity index (χ0v) is 15.8. The SMILES string of the molecule is N#CC(=Cc1sccc1Oc1ccccc1)S(=O)(=O)NCc1ccccc1. The van der Waals surface area contributed by atoms with Gasteiger partial charge >= 0.3 is 0 Å². The van der Waals surface area contributed by atoms with Gasteiger partial charge in [-0.25, -0.2) is 13.1 Å². The molecule has 1 aromatic heterocycles. The van der Waals surface area contributed by atoms with Crippen molar-refractivity contribution in [2.45, 2.75) is 6.54 Å². The highest BCUT2D eigenvalue weighted by Gasteiger charge is 2.18. The quantitative estimate of drug-likeness (QED) is 0.595. The Bertz CT molecular complexity index is 1070. The zero-order chi connectivity index (χ0) is 19.1. The molecule has 136 valence electrons. The summed E-state index contributed by atoms with van der Waals surface area (Å²) in [5.41, 5.74) is 0.808. The van der Waals surface area contributed by atoms with Gasteiger partial charge in [0.2, 0.25) is 0 Å². The Kier molecular flexibility index (Phi) is 6.04. The Hall–Kier alpha value is -2.92. The van der Waals surface area contributed by atoms with E-state index in [0.717, 1.165) is 5.56 Å². The van der Waals surface area contributed by atoms with E-state index in [4.69, 9.17) is 4.74 Å². The van der Waals surface area contributed by atoms with E-state index in [-0.39, 0.29) is 11.4 Å². The van der Waals surface area contributed by atoms with Gasteiger partial charge in [-0.2, -0.15) is 5.26 Å². The summed E-state index contributed by atoms with van der Waals surface area (Å²) in [5, 5.41) is 11.1. The van der Waals surface area contributed by atoms with Crippen LogP contribution in [-0.4, -0.2) is 8.42 Å². The fourth-order valence-corrected chi connectivity index (χ4v) is 3.99. The first-order chi connectivity index (χ1) is 13.1. The van der Waals surface area contributed by atoms with Crippen molar-refractivity contribution < 1.29 is 13.2 Å². The predicted octanol–water partition coefficient (Wildman–Crippen LogP) is 4.52. The Labute approximate surface area is 162 Å². The number of benzene rings is 2. The van der Waals surface area contributed by atoms with Crippen molar-refractivity contribution in [3.05, 3.63) is 87.5 Å². The number of nitrogens with one attached hydrogen (secondary N) is 1. The molecular formula is C20H16N2O3S2. The highest BCUT2D eigenvalue weighted by atomic mass is 32.2. The van der Waals surface area contributed by atoms with Gasteiger partial charge in [-0.3, -0.25) is 0 Å². The first kappa shape index (κ1) is 18.9. The predicted molar refractivity (Wildman–Crippen MR) is 107 cm³/mol. The summed E-state index contributed by atoms with van der Waals surface area (Å²) >= 11 is 1.30. The molecule has 0 aliphatic carbocycles. The number of sulfonamides is 1. The van der Waals surface area contributed by atoms with Gasteiger partial charge in [-0.1, -0.05) is 48.5 Å². The molecule has 2 aromatic carbocycles. The number of nitriles is 1. The Balaban J connectivity index is 1.80. The molecule has 0 saturated heterocycles. The van der Waals surface area contributed by atoms with Crippen LogP contribution in [-0.2, 0) is 16.6 Å². The van der Waals surface area contributed by atoms with Gasteiger partial charge in [0.25, 0.3) is 10.0 Å². The number of thiophene rings is 1. The monoisotopic (exact) mass is 396 g/mol. The molecule has 3 aromatic rings. The van der Waals surface area contributed by atoms with Crippen LogP contribution in [0, 0.1) is 11.3 Å². The molecule has 0 amide bonds. The Morgan fingerprint density at radius 3 is 2.41 bits per heavy atom. The minimum atomic E-state index is -3.94. The van der Waals surface area contributed by atoms with Crippen LogP contribution < -0.4 is 9.46 Å². The number of rotatable bonds is 7. The fraction of sp³-hybridized carbons (Fsp3) is 0.0500. The van der Waals surface area contributed by atoms with Crippen LogP contribution in [0.25, 0.3) is 6.08 Å². The lowest BCUT2D eigenvalue weighted by molar-refractivity contribution is 0.484. The summed E-state index contributed by atoms with van der Waals surface area (Å²) in [6.45, 7) is 0.111. The molecule has 3 rings (SSSR count). The van der Waals surface area contributed by atoms with E-state index in [0.29, 0.717) is 16.4 Å². The van der Waals surface area contributed by atoms with Crippen LogP contribution in [0.3, 0.4) is 0 Å². The van der Waals surface area contributed by atoms with Crippen molar-refractivity contribution in [3.8, 4) is 17.6 Å². The second-order valence-electron chi connectivity index (χ2n) is 5.49. The van der Waals surface area contributed by atoms with Crippen LogP contribution in [0.2, 0.25) is 0 Å². The van der Waals surface area contributed by atoms with Gasteiger partial charge in [0.15, 0.2) is 4.91 Å². The molecule has 0 aliphatic heterocycles. The fourth-order valence-electron chi connectivity index (χ4n) is 2.26. The normalized spacial score (nSPS) is 11.7. The second kappa shape index (κ2) is 8.64. The van der Waals surface area contributed by atoms with Crippen LogP contribution in [0.15, 0.2) is 77.0 Å². The van der Waals surface area contributed by atoms with Crippen LogP contribution in [0.4, 0.5) is 0 Å². The maximum atomic E-state index is 12.5. The molecule has 27 heavy (non-hydrogen) atoms. The molecule has 0 radical (unpaired) electrons. The molecule has 0 aliphatic rings. The van der Waals surface area contributed by atoms with E-state index >= 15 is 0 Å². The summed E-state index contributed by atoms with van der Waals surface area (Å²) in [7, 11) is -3.94. The number of para-hydroxylation sites is 1. The lowest BCUT2D eigenvalue weighted by Crippen LogP contribution is -2.24. The summed E-state index contributed by atoms with van der Waals surface area (Å²) in [6, 6.07) is 21.8. The van der Waals surface area contributed by atoms with Crippen molar-refractivity contribution in [1.82, 2.24) is 4.72 Å². The summed E-state index contributed by atoms with van der Waals surface area (Å²) in [5.74, 6) is 1.13. The molecule has 0 saturated carbocycles. The average molecular weight is 396 g/mol. The van der Waals surface area contributed by atoms with Crippen molar-refractivity contribution in [3.63, 3.8) is 0 Å². The van der Waals surface area contributed by atoms with E-state index < -0.39 is 10.0 Å². The highest BCUT2D eigenvalue weighted by molar-refractivity contribution is 7.93. The third kappa shape index (κ3) is 5.05. The Morgan fingerprint density at radius 1 is 1.07 bits per heavy atom. The minimum absolute atomic E-state index is 0.111. The average Bonchev–Trinajstić information content (AvgIpc) is 3.12. The third-order valence-electron chi connectivity index (χ3n) is 3.60. The standard InChI is InChI=1S/C20H16N2O3S2/c21-14-18(27(23,24)22-15-16-7-3-1-4-8-16)13-20-19(11-12-26-20)25-17-9-5-2-6-10-17/h1-13,22H,15H2. The number of ether oxygens (including phenoxy) is 1.